The Hall–Kier alpha value is -1.57. The molecular weight excluding hydrogens is 244 g/mol. The fraction of sp³-hybridized carbons (Fsp3) is 0.500. The molecule has 2 heteroatoms. The number of fused-ring (bicyclic) bond motifs is 1. The van der Waals surface area contributed by atoms with Crippen molar-refractivity contribution in [2.75, 3.05) is 5.32 Å². The van der Waals surface area contributed by atoms with Gasteiger partial charge in [0.1, 0.15) is 0 Å². The number of aryl methyl sites for hydroxylation is 1. The number of hydrogen-bond acceptors (Lipinski definition) is 2. The smallest absolute Gasteiger partial charge is 0.0751 e. The molecular formula is C18H24N2. The molecule has 1 fully saturated rings. The monoisotopic (exact) mass is 268 g/mol. The standard InChI is InChI=1S/C18H24N2/c1-12-6-7-13(2)17(11-12)20-16-9-8-14(3)18-15(16)5-4-10-19-18/h4-5,8-10,12-13,17,20H,6-7,11H2,1-3H3. The molecule has 0 amide bonds. The summed E-state index contributed by atoms with van der Waals surface area (Å²) in [6.45, 7) is 6.87. The van der Waals surface area contributed by atoms with Crippen LogP contribution in [0.2, 0.25) is 0 Å². The minimum absolute atomic E-state index is 0.588. The first-order valence-corrected chi connectivity index (χ1v) is 7.76. The van der Waals surface area contributed by atoms with Gasteiger partial charge in [-0.15, -0.1) is 0 Å². The van der Waals surface area contributed by atoms with Gasteiger partial charge in [0.2, 0.25) is 0 Å². The summed E-state index contributed by atoms with van der Waals surface area (Å²) in [6, 6.07) is 9.18. The van der Waals surface area contributed by atoms with E-state index in [1.165, 1.54) is 35.9 Å². The lowest BCUT2D eigenvalue weighted by Crippen LogP contribution is -2.33. The molecule has 1 N–H and O–H groups in total. The molecule has 0 saturated heterocycles. The average Bonchev–Trinajstić information content (AvgIpc) is 2.46. The summed E-state index contributed by atoms with van der Waals surface area (Å²) in [5.41, 5.74) is 3.61. The quantitative estimate of drug-likeness (QED) is 0.847. The van der Waals surface area contributed by atoms with E-state index in [1.54, 1.807) is 0 Å². The molecule has 3 rings (SSSR count). The Bertz CT molecular complexity index is 605. The van der Waals surface area contributed by atoms with Gasteiger partial charge < -0.3 is 5.32 Å². The summed E-state index contributed by atoms with van der Waals surface area (Å²) < 4.78 is 0. The Kier molecular flexibility index (Phi) is 3.64. The highest BCUT2D eigenvalue weighted by Crippen LogP contribution is 2.33. The number of nitrogens with one attached hydrogen (secondary N) is 1. The van der Waals surface area contributed by atoms with Crippen molar-refractivity contribution < 1.29 is 0 Å². The number of rotatable bonds is 2. The molecule has 20 heavy (non-hydrogen) atoms. The predicted octanol–water partition coefficient (Wildman–Crippen LogP) is 4.78. The minimum Gasteiger partial charge on any atom is -0.381 e. The van der Waals surface area contributed by atoms with Gasteiger partial charge in [-0.3, -0.25) is 4.98 Å². The van der Waals surface area contributed by atoms with Crippen molar-refractivity contribution >= 4 is 16.6 Å². The van der Waals surface area contributed by atoms with Gasteiger partial charge >= 0.3 is 0 Å². The molecule has 1 aliphatic carbocycles. The summed E-state index contributed by atoms with van der Waals surface area (Å²) in [7, 11) is 0. The fourth-order valence-corrected chi connectivity index (χ4v) is 3.37. The minimum atomic E-state index is 0.588. The van der Waals surface area contributed by atoms with Crippen LogP contribution in [0, 0.1) is 18.8 Å². The molecule has 1 heterocycles. The van der Waals surface area contributed by atoms with Crippen LogP contribution in [0.4, 0.5) is 5.69 Å². The molecule has 2 nitrogen and oxygen atoms in total. The highest BCUT2D eigenvalue weighted by molar-refractivity contribution is 5.93. The van der Waals surface area contributed by atoms with Gasteiger partial charge in [-0.1, -0.05) is 26.3 Å². The van der Waals surface area contributed by atoms with E-state index in [0.29, 0.717) is 6.04 Å². The topological polar surface area (TPSA) is 24.9 Å². The van der Waals surface area contributed by atoms with Crippen LogP contribution >= 0.6 is 0 Å². The van der Waals surface area contributed by atoms with E-state index in [2.05, 4.69) is 49.3 Å². The molecule has 0 spiro atoms. The predicted molar refractivity (Wildman–Crippen MR) is 86.1 cm³/mol. The van der Waals surface area contributed by atoms with Crippen LogP contribution in [0.3, 0.4) is 0 Å². The second kappa shape index (κ2) is 5.43. The van der Waals surface area contributed by atoms with Crippen LogP contribution in [-0.2, 0) is 0 Å². The first-order chi connectivity index (χ1) is 9.65. The first-order valence-electron chi connectivity index (χ1n) is 7.76. The van der Waals surface area contributed by atoms with Gasteiger partial charge in [-0.25, -0.2) is 0 Å². The zero-order valence-corrected chi connectivity index (χ0v) is 12.7. The van der Waals surface area contributed by atoms with E-state index in [-0.39, 0.29) is 0 Å². The van der Waals surface area contributed by atoms with Crippen LogP contribution in [0.15, 0.2) is 30.5 Å². The van der Waals surface area contributed by atoms with Gasteiger partial charge in [0.25, 0.3) is 0 Å². The lowest BCUT2D eigenvalue weighted by Gasteiger charge is -2.34. The lowest BCUT2D eigenvalue weighted by atomic mass is 9.80. The number of nitrogens with zero attached hydrogens (tertiary/aromatic N) is 1. The molecule has 0 bridgehead atoms. The van der Waals surface area contributed by atoms with Crippen LogP contribution in [0.1, 0.15) is 38.7 Å². The Morgan fingerprint density at radius 3 is 2.85 bits per heavy atom. The van der Waals surface area contributed by atoms with Crippen molar-refractivity contribution in [3.8, 4) is 0 Å². The summed E-state index contributed by atoms with van der Waals surface area (Å²) in [4.78, 5) is 4.53. The zero-order valence-electron chi connectivity index (χ0n) is 12.7. The van der Waals surface area contributed by atoms with Crippen molar-refractivity contribution in [3.05, 3.63) is 36.0 Å². The summed E-state index contributed by atoms with van der Waals surface area (Å²) in [6.07, 6.45) is 5.86. The van der Waals surface area contributed by atoms with Crippen molar-refractivity contribution in [1.82, 2.24) is 4.98 Å². The van der Waals surface area contributed by atoms with E-state index < -0.39 is 0 Å². The molecule has 2 aromatic rings. The fourth-order valence-electron chi connectivity index (χ4n) is 3.37. The normalized spacial score (nSPS) is 26.6. The maximum Gasteiger partial charge on any atom is 0.0751 e. The molecule has 106 valence electrons. The molecule has 0 radical (unpaired) electrons. The third-order valence-electron chi connectivity index (χ3n) is 4.77. The Morgan fingerprint density at radius 1 is 1.15 bits per heavy atom. The summed E-state index contributed by atoms with van der Waals surface area (Å²) in [5.74, 6) is 1.58. The van der Waals surface area contributed by atoms with E-state index in [1.807, 2.05) is 12.3 Å². The maximum atomic E-state index is 4.53. The molecule has 1 saturated carbocycles. The highest BCUT2D eigenvalue weighted by Gasteiger charge is 2.25. The average molecular weight is 268 g/mol. The number of benzene rings is 1. The lowest BCUT2D eigenvalue weighted by molar-refractivity contribution is 0.281. The van der Waals surface area contributed by atoms with E-state index >= 15 is 0 Å². The number of aromatic nitrogens is 1. The Balaban J connectivity index is 1.93. The third-order valence-corrected chi connectivity index (χ3v) is 4.77. The van der Waals surface area contributed by atoms with Gasteiger partial charge in [-0.2, -0.15) is 0 Å². The van der Waals surface area contributed by atoms with Crippen LogP contribution in [-0.4, -0.2) is 11.0 Å². The van der Waals surface area contributed by atoms with Crippen molar-refractivity contribution in [2.45, 2.75) is 46.1 Å². The number of hydrogen-bond donors (Lipinski definition) is 1. The van der Waals surface area contributed by atoms with E-state index in [4.69, 9.17) is 0 Å². The molecule has 3 unspecified atom stereocenters. The van der Waals surface area contributed by atoms with Crippen molar-refractivity contribution in [3.63, 3.8) is 0 Å². The first kappa shape index (κ1) is 13.4. The highest BCUT2D eigenvalue weighted by atomic mass is 14.9. The zero-order chi connectivity index (χ0) is 14.1. The molecule has 1 aliphatic rings. The Morgan fingerprint density at radius 2 is 2.00 bits per heavy atom. The van der Waals surface area contributed by atoms with Crippen LogP contribution in [0.5, 0.6) is 0 Å². The molecule has 1 aromatic heterocycles. The summed E-state index contributed by atoms with van der Waals surface area (Å²) >= 11 is 0. The third kappa shape index (κ3) is 2.52. The van der Waals surface area contributed by atoms with Crippen molar-refractivity contribution in [2.24, 2.45) is 11.8 Å². The van der Waals surface area contributed by atoms with Crippen molar-refractivity contribution in [1.29, 1.82) is 0 Å². The molecule has 3 atom stereocenters. The maximum absolute atomic E-state index is 4.53. The molecule has 0 aliphatic heterocycles. The Labute approximate surface area is 121 Å². The van der Waals surface area contributed by atoms with Gasteiger partial charge in [-0.05, 0) is 55.4 Å². The number of pyridine rings is 1. The second-order valence-electron chi connectivity index (χ2n) is 6.48. The largest absolute Gasteiger partial charge is 0.381 e. The molecule has 1 aromatic carbocycles. The van der Waals surface area contributed by atoms with E-state index in [9.17, 15) is 0 Å². The van der Waals surface area contributed by atoms with Gasteiger partial charge in [0.15, 0.2) is 0 Å². The van der Waals surface area contributed by atoms with Crippen LogP contribution < -0.4 is 5.32 Å². The van der Waals surface area contributed by atoms with Gasteiger partial charge in [0, 0.05) is 23.3 Å². The van der Waals surface area contributed by atoms with Gasteiger partial charge in [0.05, 0.1) is 5.52 Å². The van der Waals surface area contributed by atoms with Crippen LogP contribution in [0.25, 0.3) is 10.9 Å². The summed E-state index contributed by atoms with van der Waals surface area (Å²) in [5, 5.41) is 5.04. The SMILES string of the molecule is Cc1ccc(NC2CC(C)CCC2C)c2cccnc12. The second-order valence-corrected chi connectivity index (χ2v) is 6.48. The number of anilines is 1. The van der Waals surface area contributed by atoms with E-state index in [0.717, 1.165) is 17.4 Å².